The summed E-state index contributed by atoms with van der Waals surface area (Å²) in [7, 11) is 0. The predicted octanol–water partition coefficient (Wildman–Crippen LogP) is 2.53. The molecule has 22 heavy (non-hydrogen) atoms. The molecule has 3 rings (SSSR count). The summed E-state index contributed by atoms with van der Waals surface area (Å²) < 4.78 is 6.04. The van der Waals surface area contributed by atoms with Crippen LogP contribution in [-0.2, 0) is 0 Å². The van der Waals surface area contributed by atoms with Gasteiger partial charge in [-0.3, -0.25) is 4.90 Å². The van der Waals surface area contributed by atoms with Crippen LogP contribution in [0.2, 0.25) is 5.02 Å². The van der Waals surface area contributed by atoms with E-state index in [9.17, 15) is 0 Å². The highest BCUT2D eigenvalue weighted by molar-refractivity contribution is 6.31. The zero-order chi connectivity index (χ0) is 15.4. The Bertz CT molecular complexity index is 497. The fourth-order valence-corrected chi connectivity index (χ4v) is 3.52. The molecule has 5 heteroatoms. The maximum atomic E-state index is 6.31. The van der Waals surface area contributed by atoms with Gasteiger partial charge in [0.2, 0.25) is 0 Å². The SMILES string of the molecule is Cc1c(OCCN2CCCC2)cc(Cl)cc1N1CCNCC1. The summed E-state index contributed by atoms with van der Waals surface area (Å²) in [5, 5.41) is 4.15. The minimum Gasteiger partial charge on any atom is -0.492 e. The predicted molar refractivity (Wildman–Crippen MR) is 92.4 cm³/mol. The van der Waals surface area contributed by atoms with E-state index in [4.69, 9.17) is 16.3 Å². The van der Waals surface area contributed by atoms with Crippen molar-refractivity contribution in [2.45, 2.75) is 19.8 Å². The van der Waals surface area contributed by atoms with Gasteiger partial charge in [0, 0.05) is 49.0 Å². The highest BCUT2D eigenvalue weighted by atomic mass is 35.5. The molecule has 1 aromatic rings. The molecule has 0 spiro atoms. The molecule has 0 atom stereocenters. The van der Waals surface area contributed by atoms with Crippen LogP contribution in [0.3, 0.4) is 0 Å². The van der Waals surface area contributed by atoms with Crippen LogP contribution in [0.4, 0.5) is 5.69 Å². The minimum absolute atomic E-state index is 0.738. The lowest BCUT2D eigenvalue weighted by Crippen LogP contribution is -2.43. The molecule has 4 nitrogen and oxygen atoms in total. The van der Waals surface area contributed by atoms with Crippen molar-refractivity contribution in [1.29, 1.82) is 0 Å². The largest absolute Gasteiger partial charge is 0.492 e. The van der Waals surface area contributed by atoms with E-state index in [1.807, 2.05) is 6.07 Å². The second kappa shape index (κ2) is 7.53. The monoisotopic (exact) mass is 323 g/mol. The summed E-state index contributed by atoms with van der Waals surface area (Å²) in [5.41, 5.74) is 2.41. The Hall–Kier alpha value is -0.970. The molecule has 2 aliphatic heterocycles. The van der Waals surface area contributed by atoms with Gasteiger partial charge < -0.3 is 15.0 Å². The molecule has 1 aromatic carbocycles. The zero-order valence-electron chi connectivity index (χ0n) is 13.4. The molecule has 2 fully saturated rings. The Labute approximate surface area is 138 Å². The second-order valence-electron chi connectivity index (χ2n) is 6.18. The van der Waals surface area contributed by atoms with Crippen LogP contribution >= 0.6 is 11.6 Å². The smallest absolute Gasteiger partial charge is 0.125 e. The van der Waals surface area contributed by atoms with Gasteiger partial charge in [0.1, 0.15) is 12.4 Å². The number of anilines is 1. The van der Waals surface area contributed by atoms with E-state index in [0.717, 1.165) is 50.1 Å². The average molecular weight is 324 g/mol. The summed E-state index contributed by atoms with van der Waals surface area (Å²) in [6.45, 7) is 10.4. The summed E-state index contributed by atoms with van der Waals surface area (Å²) in [4.78, 5) is 4.86. The molecule has 2 heterocycles. The first-order chi connectivity index (χ1) is 10.7. The lowest BCUT2D eigenvalue weighted by atomic mass is 10.1. The van der Waals surface area contributed by atoms with Crippen LogP contribution in [0, 0.1) is 6.92 Å². The zero-order valence-corrected chi connectivity index (χ0v) is 14.2. The summed E-state index contributed by atoms with van der Waals surface area (Å²) in [5.74, 6) is 0.931. The van der Waals surface area contributed by atoms with Crippen LogP contribution < -0.4 is 15.0 Å². The number of piperazine rings is 1. The summed E-state index contributed by atoms with van der Waals surface area (Å²) >= 11 is 6.31. The Balaban J connectivity index is 1.66. The van der Waals surface area contributed by atoms with Crippen molar-refractivity contribution in [1.82, 2.24) is 10.2 Å². The highest BCUT2D eigenvalue weighted by Crippen LogP contribution is 2.33. The number of hydrogen-bond donors (Lipinski definition) is 1. The van der Waals surface area contributed by atoms with E-state index in [2.05, 4.69) is 28.1 Å². The Morgan fingerprint density at radius 1 is 1.14 bits per heavy atom. The number of benzene rings is 1. The van der Waals surface area contributed by atoms with E-state index in [-0.39, 0.29) is 0 Å². The number of halogens is 1. The topological polar surface area (TPSA) is 27.7 Å². The molecule has 0 radical (unpaired) electrons. The van der Waals surface area contributed by atoms with Gasteiger partial charge in [0.25, 0.3) is 0 Å². The minimum atomic E-state index is 0.738. The summed E-state index contributed by atoms with van der Waals surface area (Å²) in [6.07, 6.45) is 2.65. The lowest BCUT2D eigenvalue weighted by Gasteiger charge is -2.31. The maximum Gasteiger partial charge on any atom is 0.125 e. The van der Waals surface area contributed by atoms with Crippen molar-refractivity contribution in [3.8, 4) is 5.75 Å². The van der Waals surface area contributed by atoms with E-state index >= 15 is 0 Å². The molecular formula is C17H26ClN3O. The fourth-order valence-electron chi connectivity index (χ4n) is 3.32. The number of rotatable bonds is 5. The van der Waals surface area contributed by atoms with E-state index in [0.29, 0.717) is 0 Å². The molecule has 0 aliphatic carbocycles. The first-order valence-electron chi connectivity index (χ1n) is 8.35. The van der Waals surface area contributed by atoms with Gasteiger partial charge in [-0.15, -0.1) is 0 Å². The van der Waals surface area contributed by atoms with Gasteiger partial charge in [0.15, 0.2) is 0 Å². The first-order valence-corrected chi connectivity index (χ1v) is 8.73. The van der Waals surface area contributed by atoms with Crippen molar-refractivity contribution in [2.24, 2.45) is 0 Å². The van der Waals surface area contributed by atoms with Crippen molar-refractivity contribution >= 4 is 17.3 Å². The highest BCUT2D eigenvalue weighted by Gasteiger charge is 2.17. The third-order valence-electron chi connectivity index (χ3n) is 4.62. The second-order valence-corrected chi connectivity index (χ2v) is 6.62. The van der Waals surface area contributed by atoms with Crippen molar-refractivity contribution in [3.05, 3.63) is 22.7 Å². The number of hydrogen-bond acceptors (Lipinski definition) is 4. The quantitative estimate of drug-likeness (QED) is 0.901. The molecule has 0 bridgehead atoms. The molecule has 0 saturated carbocycles. The Kier molecular flexibility index (Phi) is 5.45. The van der Waals surface area contributed by atoms with Crippen LogP contribution in [0.5, 0.6) is 5.75 Å². The molecule has 0 aromatic heterocycles. The number of nitrogens with zero attached hydrogens (tertiary/aromatic N) is 2. The van der Waals surface area contributed by atoms with Gasteiger partial charge >= 0.3 is 0 Å². The van der Waals surface area contributed by atoms with Crippen LogP contribution in [0.15, 0.2) is 12.1 Å². The third kappa shape index (κ3) is 3.86. The fraction of sp³-hybridized carbons (Fsp3) is 0.647. The van der Waals surface area contributed by atoms with Gasteiger partial charge in [0.05, 0.1) is 0 Å². The van der Waals surface area contributed by atoms with Crippen molar-refractivity contribution < 1.29 is 4.74 Å². The van der Waals surface area contributed by atoms with Gasteiger partial charge in [-0.05, 0) is 45.0 Å². The molecule has 2 saturated heterocycles. The molecule has 0 amide bonds. The Morgan fingerprint density at radius 3 is 2.59 bits per heavy atom. The van der Waals surface area contributed by atoms with Gasteiger partial charge in [-0.1, -0.05) is 11.6 Å². The van der Waals surface area contributed by atoms with E-state index in [1.165, 1.54) is 37.2 Å². The number of likely N-dealkylation sites (tertiary alicyclic amines) is 1. The maximum absolute atomic E-state index is 6.31. The molecule has 2 aliphatic rings. The van der Waals surface area contributed by atoms with Crippen LogP contribution in [0.1, 0.15) is 18.4 Å². The molecule has 0 unspecified atom stereocenters. The van der Waals surface area contributed by atoms with Gasteiger partial charge in [-0.25, -0.2) is 0 Å². The van der Waals surface area contributed by atoms with E-state index in [1.54, 1.807) is 0 Å². The molecular weight excluding hydrogens is 298 g/mol. The van der Waals surface area contributed by atoms with Crippen LogP contribution in [0.25, 0.3) is 0 Å². The lowest BCUT2D eigenvalue weighted by molar-refractivity contribution is 0.237. The Morgan fingerprint density at radius 2 is 1.86 bits per heavy atom. The van der Waals surface area contributed by atoms with Crippen LogP contribution in [-0.4, -0.2) is 57.3 Å². The van der Waals surface area contributed by atoms with Crippen molar-refractivity contribution in [3.63, 3.8) is 0 Å². The summed E-state index contributed by atoms with van der Waals surface area (Å²) in [6, 6.07) is 4.02. The molecule has 122 valence electrons. The molecule has 1 N–H and O–H groups in total. The van der Waals surface area contributed by atoms with Crippen molar-refractivity contribution in [2.75, 3.05) is 57.3 Å². The standard InChI is InChI=1S/C17H26ClN3O/c1-14-16(21-8-4-19-5-9-21)12-15(18)13-17(14)22-11-10-20-6-2-3-7-20/h12-13,19H,2-11H2,1H3. The van der Waals surface area contributed by atoms with Gasteiger partial charge in [-0.2, -0.15) is 0 Å². The number of ether oxygens (including phenoxy) is 1. The average Bonchev–Trinajstić information content (AvgIpc) is 3.04. The number of nitrogens with one attached hydrogen (secondary N) is 1. The van der Waals surface area contributed by atoms with E-state index < -0.39 is 0 Å². The third-order valence-corrected chi connectivity index (χ3v) is 4.84. The first kappa shape index (κ1) is 15.9. The normalized spacial score (nSPS) is 19.6.